The smallest absolute Gasteiger partial charge is 0.0304 e. The molecule has 0 aliphatic heterocycles. The fraction of sp³-hybridized carbons (Fsp3) is 0.625. The first-order valence-corrected chi connectivity index (χ1v) is 7.07. The standard InChI is InChI=1S/C16H28N2/c1-5-13(6-2)12-15(18-17)16(3,4)14-10-8-7-9-11-14/h7-11,13,15,18H,5-6,12,17H2,1-4H3. The van der Waals surface area contributed by atoms with E-state index in [1.54, 1.807) is 0 Å². The molecule has 1 unspecified atom stereocenters. The van der Waals surface area contributed by atoms with Crippen molar-refractivity contribution in [2.75, 3.05) is 0 Å². The Labute approximate surface area is 112 Å². The van der Waals surface area contributed by atoms with Crippen LogP contribution in [0, 0.1) is 5.92 Å². The van der Waals surface area contributed by atoms with Crippen molar-refractivity contribution in [3.63, 3.8) is 0 Å². The number of hydrazine groups is 1. The highest BCUT2D eigenvalue weighted by molar-refractivity contribution is 5.25. The Bertz CT molecular complexity index is 328. The van der Waals surface area contributed by atoms with Gasteiger partial charge in [0.15, 0.2) is 0 Å². The molecule has 3 N–H and O–H groups in total. The average Bonchev–Trinajstić information content (AvgIpc) is 2.41. The van der Waals surface area contributed by atoms with Crippen molar-refractivity contribution in [3.8, 4) is 0 Å². The van der Waals surface area contributed by atoms with Gasteiger partial charge >= 0.3 is 0 Å². The van der Waals surface area contributed by atoms with Crippen LogP contribution in [0.1, 0.15) is 52.5 Å². The van der Waals surface area contributed by atoms with E-state index < -0.39 is 0 Å². The first-order chi connectivity index (χ1) is 8.56. The SMILES string of the molecule is CCC(CC)CC(NN)C(C)(C)c1ccccc1. The van der Waals surface area contributed by atoms with E-state index >= 15 is 0 Å². The fourth-order valence-corrected chi connectivity index (χ4v) is 2.60. The first-order valence-electron chi connectivity index (χ1n) is 7.07. The lowest BCUT2D eigenvalue weighted by molar-refractivity contribution is 0.273. The monoisotopic (exact) mass is 248 g/mol. The Morgan fingerprint density at radius 3 is 2.11 bits per heavy atom. The van der Waals surface area contributed by atoms with E-state index in [1.165, 1.54) is 18.4 Å². The second-order valence-corrected chi connectivity index (χ2v) is 5.73. The van der Waals surface area contributed by atoms with E-state index in [4.69, 9.17) is 5.84 Å². The summed E-state index contributed by atoms with van der Waals surface area (Å²) in [6.07, 6.45) is 3.57. The second kappa shape index (κ2) is 6.91. The second-order valence-electron chi connectivity index (χ2n) is 5.73. The summed E-state index contributed by atoms with van der Waals surface area (Å²) in [5.74, 6) is 6.55. The predicted octanol–water partition coefficient (Wildman–Crippen LogP) is 3.62. The third kappa shape index (κ3) is 3.56. The maximum absolute atomic E-state index is 5.80. The summed E-state index contributed by atoms with van der Waals surface area (Å²) in [5, 5.41) is 0. The Morgan fingerprint density at radius 2 is 1.67 bits per heavy atom. The van der Waals surface area contributed by atoms with Gasteiger partial charge in [0.05, 0.1) is 0 Å². The van der Waals surface area contributed by atoms with Crippen molar-refractivity contribution in [2.24, 2.45) is 11.8 Å². The van der Waals surface area contributed by atoms with E-state index in [2.05, 4.69) is 63.5 Å². The van der Waals surface area contributed by atoms with Gasteiger partial charge in [0.25, 0.3) is 0 Å². The minimum atomic E-state index is 0.0542. The molecule has 1 rings (SSSR count). The third-order valence-corrected chi connectivity index (χ3v) is 4.31. The molecule has 0 fully saturated rings. The van der Waals surface area contributed by atoms with Crippen molar-refractivity contribution in [2.45, 2.75) is 58.4 Å². The zero-order chi connectivity index (χ0) is 13.6. The van der Waals surface area contributed by atoms with Crippen LogP contribution >= 0.6 is 0 Å². The number of nitrogens with one attached hydrogen (secondary N) is 1. The molecule has 0 aliphatic carbocycles. The number of hydrogen-bond acceptors (Lipinski definition) is 2. The summed E-state index contributed by atoms with van der Waals surface area (Å²) < 4.78 is 0. The molecular weight excluding hydrogens is 220 g/mol. The van der Waals surface area contributed by atoms with Crippen molar-refractivity contribution in [1.82, 2.24) is 5.43 Å². The van der Waals surface area contributed by atoms with Gasteiger partial charge in [-0.05, 0) is 17.9 Å². The molecule has 0 amide bonds. The maximum Gasteiger partial charge on any atom is 0.0304 e. The van der Waals surface area contributed by atoms with Gasteiger partial charge in [0.2, 0.25) is 0 Å². The summed E-state index contributed by atoms with van der Waals surface area (Å²) in [5.41, 5.74) is 4.44. The topological polar surface area (TPSA) is 38.0 Å². The number of nitrogens with two attached hydrogens (primary N) is 1. The van der Waals surface area contributed by atoms with Crippen LogP contribution in [0.15, 0.2) is 30.3 Å². The quantitative estimate of drug-likeness (QED) is 0.571. The number of rotatable bonds is 7. The summed E-state index contributed by atoms with van der Waals surface area (Å²) in [6, 6.07) is 11.0. The summed E-state index contributed by atoms with van der Waals surface area (Å²) >= 11 is 0. The molecule has 0 radical (unpaired) electrons. The van der Waals surface area contributed by atoms with E-state index in [1.807, 2.05) is 0 Å². The zero-order valence-electron chi connectivity index (χ0n) is 12.2. The third-order valence-electron chi connectivity index (χ3n) is 4.31. The molecule has 2 heteroatoms. The van der Waals surface area contributed by atoms with Gasteiger partial charge in [-0.3, -0.25) is 11.3 Å². The molecule has 102 valence electrons. The minimum Gasteiger partial charge on any atom is -0.271 e. The molecule has 0 bridgehead atoms. The van der Waals surface area contributed by atoms with Crippen LogP contribution in [-0.4, -0.2) is 6.04 Å². The van der Waals surface area contributed by atoms with Gasteiger partial charge in [-0.25, -0.2) is 0 Å². The molecule has 0 heterocycles. The van der Waals surface area contributed by atoms with Gasteiger partial charge in [-0.2, -0.15) is 0 Å². The lowest BCUT2D eigenvalue weighted by atomic mass is 9.74. The number of hydrogen-bond donors (Lipinski definition) is 2. The Morgan fingerprint density at radius 1 is 1.11 bits per heavy atom. The molecule has 1 aromatic rings. The van der Waals surface area contributed by atoms with Gasteiger partial charge in [-0.15, -0.1) is 0 Å². The lowest BCUT2D eigenvalue weighted by Gasteiger charge is -2.36. The average molecular weight is 248 g/mol. The van der Waals surface area contributed by atoms with Crippen LogP contribution in [-0.2, 0) is 5.41 Å². The molecule has 0 saturated carbocycles. The Hall–Kier alpha value is -0.860. The molecule has 1 atom stereocenters. The van der Waals surface area contributed by atoms with Crippen molar-refractivity contribution in [1.29, 1.82) is 0 Å². The fourth-order valence-electron chi connectivity index (χ4n) is 2.60. The van der Waals surface area contributed by atoms with Gasteiger partial charge in [-0.1, -0.05) is 70.9 Å². The van der Waals surface area contributed by atoms with Crippen LogP contribution in [0.5, 0.6) is 0 Å². The van der Waals surface area contributed by atoms with Gasteiger partial charge in [0, 0.05) is 11.5 Å². The highest BCUT2D eigenvalue weighted by Gasteiger charge is 2.31. The predicted molar refractivity (Wildman–Crippen MR) is 79.3 cm³/mol. The van der Waals surface area contributed by atoms with E-state index in [0.717, 1.165) is 12.3 Å². The summed E-state index contributed by atoms with van der Waals surface area (Å²) in [7, 11) is 0. The number of benzene rings is 1. The lowest BCUT2D eigenvalue weighted by Crippen LogP contribution is -2.49. The van der Waals surface area contributed by atoms with E-state index in [-0.39, 0.29) is 5.41 Å². The Kier molecular flexibility index (Phi) is 5.83. The maximum atomic E-state index is 5.80. The minimum absolute atomic E-state index is 0.0542. The van der Waals surface area contributed by atoms with Crippen molar-refractivity contribution < 1.29 is 0 Å². The van der Waals surface area contributed by atoms with Crippen LogP contribution in [0.25, 0.3) is 0 Å². The summed E-state index contributed by atoms with van der Waals surface area (Å²) in [4.78, 5) is 0. The van der Waals surface area contributed by atoms with E-state index in [9.17, 15) is 0 Å². The van der Waals surface area contributed by atoms with Crippen molar-refractivity contribution >= 4 is 0 Å². The van der Waals surface area contributed by atoms with Crippen molar-refractivity contribution in [3.05, 3.63) is 35.9 Å². The first kappa shape index (κ1) is 15.2. The zero-order valence-corrected chi connectivity index (χ0v) is 12.2. The van der Waals surface area contributed by atoms with E-state index in [0.29, 0.717) is 6.04 Å². The summed E-state index contributed by atoms with van der Waals surface area (Å²) in [6.45, 7) is 9.07. The largest absolute Gasteiger partial charge is 0.271 e. The molecule has 0 spiro atoms. The van der Waals surface area contributed by atoms with Crippen LogP contribution in [0.4, 0.5) is 0 Å². The van der Waals surface area contributed by atoms with Gasteiger partial charge < -0.3 is 0 Å². The molecule has 0 aliphatic rings. The molecule has 2 nitrogen and oxygen atoms in total. The molecule has 0 saturated heterocycles. The highest BCUT2D eigenvalue weighted by Crippen LogP contribution is 2.31. The molecular formula is C16H28N2. The highest BCUT2D eigenvalue weighted by atomic mass is 15.2. The molecule has 1 aromatic carbocycles. The van der Waals surface area contributed by atoms with Crippen LogP contribution in [0.2, 0.25) is 0 Å². The normalized spacial score (nSPS) is 13.9. The van der Waals surface area contributed by atoms with Gasteiger partial charge in [0.1, 0.15) is 0 Å². The van der Waals surface area contributed by atoms with Crippen LogP contribution < -0.4 is 11.3 Å². The Balaban J connectivity index is 2.86. The molecule has 18 heavy (non-hydrogen) atoms. The molecule has 0 aromatic heterocycles. The van der Waals surface area contributed by atoms with Crippen LogP contribution in [0.3, 0.4) is 0 Å².